The van der Waals surface area contributed by atoms with Gasteiger partial charge in [-0.2, -0.15) is 4.31 Å². The fraction of sp³-hybridized carbons (Fsp3) is 0.875. The maximum atomic E-state index is 11.3. The van der Waals surface area contributed by atoms with Crippen molar-refractivity contribution in [2.24, 2.45) is 0 Å². The fourth-order valence-corrected chi connectivity index (χ4v) is 1.82. The predicted octanol–water partition coefficient (Wildman–Crippen LogP) is -0.750. The molecule has 8 heteroatoms. The molecule has 7 nitrogen and oxygen atoms in total. The van der Waals surface area contributed by atoms with Gasteiger partial charge in [0.2, 0.25) is 10.0 Å². The summed E-state index contributed by atoms with van der Waals surface area (Å²) in [4.78, 5) is 10.7. The topological polar surface area (TPSA) is 84.9 Å². The number of ether oxygens (including phenoxy) is 2. The Morgan fingerprint density at radius 1 is 1.31 bits per heavy atom. The molecule has 0 saturated carbocycles. The van der Waals surface area contributed by atoms with Gasteiger partial charge >= 0.3 is 6.09 Å². The monoisotopic (exact) mass is 254 g/mol. The maximum absolute atomic E-state index is 11.3. The number of hydrogen-bond acceptors (Lipinski definition) is 5. The standard InChI is InChI=1S/C8H18N2O5S/c1-14-7-6-10(16(3,12)13)5-4-9-8(11)15-2/h4-7H2,1-3H3,(H,9,11). The van der Waals surface area contributed by atoms with E-state index in [1.807, 2.05) is 0 Å². The highest BCUT2D eigenvalue weighted by Gasteiger charge is 2.15. The number of methoxy groups -OCH3 is 2. The van der Waals surface area contributed by atoms with Gasteiger partial charge in [-0.05, 0) is 0 Å². The fourth-order valence-electron chi connectivity index (χ4n) is 0.991. The Hall–Kier alpha value is -0.860. The van der Waals surface area contributed by atoms with Crippen molar-refractivity contribution in [2.75, 3.05) is 46.7 Å². The van der Waals surface area contributed by atoms with Crippen LogP contribution in [0.1, 0.15) is 0 Å². The van der Waals surface area contributed by atoms with Gasteiger partial charge in [-0.25, -0.2) is 13.2 Å². The van der Waals surface area contributed by atoms with Gasteiger partial charge in [0.05, 0.1) is 20.0 Å². The zero-order valence-corrected chi connectivity index (χ0v) is 10.5. The van der Waals surface area contributed by atoms with Crippen LogP contribution in [0.5, 0.6) is 0 Å². The largest absolute Gasteiger partial charge is 0.453 e. The van der Waals surface area contributed by atoms with Crippen LogP contribution in [0.3, 0.4) is 0 Å². The second-order valence-corrected chi connectivity index (χ2v) is 5.06. The molecule has 0 aromatic heterocycles. The minimum atomic E-state index is -3.28. The molecule has 0 aliphatic heterocycles. The number of alkyl carbamates (subject to hydrolysis) is 1. The molecule has 0 radical (unpaired) electrons. The van der Waals surface area contributed by atoms with Gasteiger partial charge in [0.1, 0.15) is 0 Å². The van der Waals surface area contributed by atoms with Gasteiger partial charge in [0, 0.05) is 26.7 Å². The molecule has 1 N–H and O–H groups in total. The first-order chi connectivity index (χ1) is 7.41. The Balaban J connectivity index is 4.08. The third-order valence-electron chi connectivity index (χ3n) is 1.83. The molecular weight excluding hydrogens is 236 g/mol. The zero-order valence-electron chi connectivity index (χ0n) is 9.73. The van der Waals surface area contributed by atoms with Crippen molar-refractivity contribution >= 4 is 16.1 Å². The summed E-state index contributed by atoms with van der Waals surface area (Å²) in [5.41, 5.74) is 0. The van der Waals surface area contributed by atoms with Crippen LogP contribution in [0, 0.1) is 0 Å². The Kier molecular flexibility index (Phi) is 7.02. The van der Waals surface area contributed by atoms with E-state index in [1.54, 1.807) is 0 Å². The average Bonchev–Trinajstić information content (AvgIpc) is 2.20. The van der Waals surface area contributed by atoms with E-state index in [0.717, 1.165) is 6.26 Å². The summed E-state index contributed by atoms with van der Waals surface area (Å²) in [6, 6.07) is 0. The first-order valence-corrected chi connectivity index (χ1v) is 6.52. The van der Waals surface area contributed by atoms with Crippen molar-refractivity contribution in [1.29, 1.82) is 0 Å². The van der Waals surface area contributed by atoms with Crippen molar-refractivity contribution in [3.8, 4) is 0 Å². The highest BCUT2D eigenvalue weighted by Crippen LogP contribution is 1.96. The lowest BCUT2D eigenvalue weighted by Gasteiger charge is -2.19. The molecule has 0 aliphatic carbocycles. The molecule has 16 heavy (non-hydrogen) atoms. The van der Waals surface area contributed by atoms with Crippen molar-refractivity contribution < 1.29 is 22.7 Å². The average molecular weight is 254 g/mol. The molecule has 0 atom stereocenters. The summed E-state index contributed by atoms with van der Waals surface area (Å²) in [6.45, 7) is 0.963. The summed E-state index contributed by atoms with van der Waals surface area (Å²) in [5.74, 6) is 0. The number of hydrogen-bond donors (Lipinski definition) is 1. The molecule has 0 aromatic carbocycles. The normalized spacial score (nSPS) is 11.5. The third kappa shape index (κ3) is 6.59. The van der Waals surface area contributed by atoms with Crippen LogP contribution in [0.25, 0.3) is 0 Å². The highest BCUT2D eigenvalue weighted by atomic mass is 32.2. The lowest BCUT2D eigenvalue weighted by Crippen LogP contribution is -2.39. The molecule has 96 valence electrons. The lowest BCUT2D eigenvalue weighted by molar-refractivity contribution is 0.167. The van der Waals surface area contributed by atoms with Gasteiger partial charge in [-0.3, -0.25) is 0 Å². The Labute approximate surface area is 95.8 Å². The Morgan fingerprint density at radius 3 is 2.38 bits per heavy atom. The second-order valence-electron chi connectivity index (χ2n) is 3.07. The molecule has 0 rings (SSSR count). The van der Waals surface area contributed by atoms with Crippen molar-refractivity contribution in [3.63, 3.8) is 0 Å². The second kappa shape index (κ2) is 7.42. The molecular formula is C8H18N2O5S. The van der Waals surface area contributed by atoms with Crippen molar-refractivity contribution in [1.82, 2.24) is 9.62 Å². The maximum Gasteiger partial charge on any atom is 0.406 e. The van der Waals surface area contributed by atoms with E-state index in [9.17, 15) is 13.2 Å². The molecule has 0 bridgehead atoms. The Morgan fingerprint density at radius 2 is 1.94 bits per heavy atom. The molecule has 0 fully saturated rings. The molecule has 0 heterocycles. The van der Waals surface area contributed by atoms with Crippen LogP contribution in [0.2, 0.25) is 0 Å². The van der Waals surface area contributed by atoms with Crippen LogP contribution in [0.4, 0.5) is 4.79 Å². The molecule has 0 saturated heterocycles. The summed E-state index contributed by atoms with van der Waals surface area (Å²) in [7, 11) is -0.543. The van der Waals surface area contributed by atoms with Crippen molar-refractivity contribution in [2.45, 2.75) is 0 Å². The van der Waals surface area contributed by atoms with Crippen molar-refractivity contribution in [3.05, 3.63) is 0 Å². The minimum Gasteiger partial charge on any atom is -0.453 e. The lowest BCUT2D eigenvalue weighted by atomic mass is 10.6. The number of amides is 1. The summed E-state index contributed by atoms with van der Waals surface area (Å²) in [6.07, 6.45) is 0.529. The Bertz CT molecular complexity index is 304. The minimum absolute atomic E-state index is 0.192. The number of rotatable bonds is 7. The smallest absolute Gasteiger partial charge is 0.406 e. The highest BCUT2D eigenvalue weighted by molar-refractivity contribution is 7.88. The van der Waals surface area contributed by atoms with Gasteiger partial charge in [0.25, 0.3) is 0 Å². The molecule has 0 aromatic rings. The SMILES string of the molecule is COCCN(CCNC(=O)OC)S(C)(=O)=O. The molecule has 0 aliphatic rings. The summed E-state index contributed by atoms with van der Waals surface area (Å²) in [5, 5.41) is 2.40. The molecule has 0 unspecified atom stereocenters. The van der Waals surface area contributed by atoms with Gasteiger partial charge in [-0.1, -0.05) is 0 Å². The quantitative estimate of drug-likeness (QED) is 0.646. The number of nitrogens with zero attached hydrogens (tertiary/aromatic N) is 1. The number of sulfonamides is 1. The van der Waals surface area contributed by atoms with E-state index < -0.39 is 16.1 Å². The number of carbonyl (C=O) groups excluding carboxylic acids is 1. The predicted molar refractivity (Wildman–Crippen MR) is 58.7 cm³/mol. The van der Waals surface area contributed by atoms with Gasteiger partial charge in [-0.15, -0.1) is 0 Å². The molecule has 0 spiro atoms. The zero-order chi connectivity index (χ0) is 12.6. The van der Waals surface area contributed by atoms with Crippen LogP contribution >= 0.6 is 0 Å². The van der Waals surface area contributed by atoms with E-state index in [2.05, 4.69) is 10.1 Å². The number of nitrogens with one attached hydrogen (secondary N) is 1. The summed E-state index contributed by atoms with van der Waals surface area (Å²) < 4.78 is 33.0. The van der Waals surface area contributed by atoms with E-state index in [-0.39, 0.29) is 19.6 Å². The van der Waals surface area contributed by atoms with Crippen LogP contribution in [-0.2, 0) is 19.5 Å². The van der Waals surface area contributed by atoms with Gasteiger partial charge < -0.3 is 14.8 Å². The van der Waals surface area contributed by atoms with E-state index in [1.165, 1.54) is 18.5 Å². The molecule has 1 amide bonds. The van der Waals surface area contributed by atoms with Gasteiger partial charge in [0.15, 0.2) is 0 Å². The third-order valence-corrected chi connectivity index (χ3v) is 3.13. The summed E-state index contributed by atoms with van der Waals surface area (Å²) >= 11 is 0. The number of carbonyl (C=O) groups is 1. The van der Waals surface area contributed by atoms with E-state index in [4.69, 9.17) is 4.74 Å². The van der Waals surface area contributed by atoms with Crippen LogP contribution in [0.15, 0.2) is 0 Å². The van der Waals surface area contributed by atoms with Crippen LogP contribution in [-0.4, -0.2) is 65.5 Å². The van der Waals surface area contributed by atoms with E-state index >= 15 is 0 Å². The van der Waals surface area contributed by atoms with E-state index in [0.29, 0.717) is 6.61 Å². The van der Waals surface area contributed by atoms with Crippen LogP contribution < -0.4 is 5.32 Å². The first-order valence-electron chi connectivity index (χ1n) is 4.67. The first kappa shape index (κ1) is 15.1.